The van der Waals surface area contributed by atoms with Crippen molar-refractivity contribution in [3.8, 4) is 0 Å². The van der Waals surface area contributed by atoms with E-state index in [1.807, 2.05) is 47.8 Å². The van der Waals surface area contributed by atoms with E-state index in [0.717, 1.165) is 36.4 Å². The van der Waals surface area contributed by atoms with Gasteiger partial charge in [-0.05, 0) is 41.3 Å². The number of piperidine rings is 3. The smallest absolute Gasteiger partial charge is 0.333 e. The second kappa shape index (κ2) is 9.68. The number of carbonyl (C=O) groups excluding carboxylic acids is 2. The fraction of sp³-hybridized carbons (Fsp3) is 0.333. The number of nitrogens with zero attached hydrogens (tertiary/aromatic N) is 1. The molecule has 1 aromatic heterocycles. The molecular weight excluding hydrogens is 451 g/mol. The number of halogens is 1. The predicted octanol–water partition coefficient (Wildman–Crippen LogP) is 5.08. The van der Waals surface area contributed by atoms with Gasteiger partial charge in [0, 0.05) is 24.4 Å². The first kappa shape index (κ1) is 22.7. The highest BCUT2D eigenvalue weighted by molar-refractivity contribution is 7.12. The first-order chi connectivity index (χ1) is 16.5. The molecule has 0 saturated carbocycles. The Morgan fingerprint density at radius 3 is 2.44 bits per heavy atom. The van der Waals surface area contributed by atoms with Crippen LogP contribution in [0.15, 0.2) is 72.1 Å². The maximum absolute atomic E-state index is 13.4. The van der Waals surface area contributed by atoms with E-state index in [1.54, 1.807) is 12.1 Å². The molecule has 176 valence electrons. The Labute approximate surface area is 202 Å². The van der Waals surface area contributed by atoms with Gasteiger partial charge >= 0.3 is 5.97 Å². The van der Waals surface area contributed by atoms with Crippen LogP contribution in [0, 0.1) is 11.7 Å². The van der Waals surface area contributed by atoms with Crippen LogP contribution in [0.2, 0.25) is 0 Å². The maximum Gasteiger partial charge on any atom is 0.333 e. The van der Waals surface area contributed by atoms with E-state index < -0.39 is 6.04 Å². The summed E-state index contributed by atoms with van der Waals surface area (Å²) in [7, 11) is 0. The largest absolute Gasteiger partial charge is 0.454 e. The van der Waals surface area contributed by atoms with E-state index in [4.69, 9.17) is 4.74 Å². The molecule has 7 heteroatoms. The van der Waals surface area contributed by atoms with Gasteiger partial charge in [-0.25, -0.2) is 9.18 Å². The molecule has 34 heavy (non-hydrogen) atoms. The minimum atomic E-state index is -0.705. The zero-order valence-corrected chi connectivity index (χ0v) is 19.7. The highest BCUT2D eigenvalue weighted by Gasteiger charge is 2.49. The zero-order valence-electron chi connectivity index (χ0n) is 18.9. The second-order valence-electron chi connectivity index (χ2n) is 9.34. The zero-order chi connectivity index (χ0) is 23.5. The normalized spacial score (nSPS) is 24.4. The number of thiophene rings is 1. The fourth-order valence-electron chi connectivity index (χ4n) is 5.25. The van der Waals surface area contributed by atoms with Crippen LogP contribution in [0.5, 0.6) is 0 Å². The first-order valence-corrected chi connectivity index (χ1v) is 12.6. The van der Waals surface area contributed by atoms with Crippen LogP contribution in [-0.2, 0) is 9.53 Å². The number of carbonyl (C=O) groups is 2. The number of ketones is 1. The third-order valence-electron chi connectivity index (χ3n) is 7.11. The van der Waals surface area contributed by atoms with Gasteiger partial charge in [-0.1, -0.05) is 36.4 Å². The molecule has 6 rings (SSSR count). The van der Waals surface area contributed by atoms with Gasteiger partial charge in [0.2, 0.25) is 5.78 Å². The molecular formula is C27H28FN2O3S+. The summed E-state index contributed by atoms with van der Waals surface area (Å²) < 4.78 is 20.2. The van der Waals surface area contributed by atoms with Crippen LogP contribution in [0.4, 0.5) is 10.1 Å². The van der Waals surface area contributed by atoms with Crippen LogP contribution >= 0.6 is 11.3 Å². The Morgan fingerprint density at radius 1 is 1.03 bits per heavy atom. The van der Waals surface area contributed by atoms with Crippen LogP contribution in [-0.4, -0.2) is 48.5 Å². The summed E-state index contributed by atoms with van der Waals surface area (Å²) in [6.07, 6.45) is 1.70. The molecule has 0 amide bonds. The Morgan fingerprint density at radius 2 is 1.76 bits per heavy atom. The SMILES string of the molecule is O=C(C[N+]12CCC(CC1)[C@@H](OC(=O)[C@H](Nc1ccc(F)cc1)c1ccccc1)C2)c1cccs1. The number of esters is 1. The van der Waals surface area contributed by atoms with Gasteiger partial charge in [0.05, 0.1) is 18.0 Å². The van der Waals surface area contributed by atoms with Crippen molar-refractivity contribution >= 4 is 28.8 Å². The Bertz CT molecular complexity index is 1130. The van der Waals surface area contributed by atoms with E-state index in [1.165, 1.54) is 23.5 Å². The molecule has 0 spiro atoms. The lowest BCUT2D eigenvalue weighted by Crippen LogP contribution is -2.65. The molecule has 3 aliphatic rings. The molecule has 3 saturated heterocycles. The highest BCUT2D eigenvalue weighted by Crippen LogP contribution is 2.37. The average molecular weight is 480 g/mol. The number of benzene rings is 2. The first-order valence-electron chi connectivity index (χ1n) is 11.7. The number of hydrogen-bond donors (Lipinski definition) is 1. The molecule has 0 radical (unpaired) electrons. The number of fused-ring (bicyclic) bond motifs is 3. The van der Waals surface area contributed by atoms with Gasteiger partial charge in [0.25, 0.3) is 0 Å². The minimum absolute atomic E-state index is 0.167. The van der Waals surface area contributed by atoms with Crippen LogP contribution < -0.4 is 5.32 Å². The van der Waals surface area contributed by atoms with Crippen molar-refractivity contribution in [2.24, 2.45) is 5.92 Å². The van der Waals surface area contributed by atoms with Gasteiger partial charge < -0.3 is 14.5 Å². The van der Waals surface area contributed by atoms with Gasteiger partial charge in [0.15, 0.2) is 12.1 Å². The monoisotopic (exact) mass is 479 g/mol. The third kappa shape index (κ3) is 4.91. The summed E-state index contributed by atoms with van der Waals surface area (Å²) in [5.74, 6) is -0.191. The van der Waals surface area contributed by atoms with Gasteiger partial charge in [0.1, 0.15) is 18.9 Å². The molecule has 0 unspecified atom stereocenters. The summed E-state index contributed by atoms with van der Waals surface area (Å²) in [5, 5.41) is 5.15. The van der Waals surface area contributed by atoms with Crippen molar-refractivity contribution in [3.05, 3.63) is 88.4 Å². The standard InChI is InChI=1S/C27H28FN2O3S/c28-21-8-10-22(11-9-21)29-26(20-5-2-1-3-6-20)27(32)33-24-18-30(14-12-19(24)13-15-30)17-23(31)25-7-4-16-34-25/h1-11,16,19,24,26,29H,12-15,17-18H2/q+1/t19?,24-,26+,30?/m0/s1. The van der Waals surface area contributed by atoms with Gasteiger partial charge in [-0.3, -0.25) is 4.79 Å². The van der Waals surface area contributed by atoms with Crippen molar-refractivity contribution in [2.75, 3.05) is 31.5 Å². The topological polar surface area (TPSA) is 55.4 Å². The molecule has 5 nitrogen and oxygen atoms in total. The average Bonchev–Trinajstić information content (AvgIpc) is 3.40. The van der Waals surface area contributed by atoms with Crippen molar-refractivity contribution < 1.29 is 23.2 Å². The van der Waals surface area contributed by atoms with Crippen LogP contribution in [0.1, 0.15) is 34.1 Å². The molecule has 2 bridgehead atoms. The minimum Gasteiger partial charge on any atom is -0.454 e. The van der Waals surface area contributed by atoms with E-state index in [9.17, 15) is 14.0 Å². The molecule has 2 aromatic carbocycles. The molecule has 1 N–H and O–H groups in total. The number of ether oxygens (including phenoxy) is 1. The number of Topliss-reactive ketones (excluding diaryl/α,β-unsaturated/α-hetero) is 1. The lowest BCUT2D eigenvalue weighted by atomic mass is 9.83. The summed E-state index contributed by atoms with van der Waals surface area (Å²) in [4.78, 5) is 27.1. The molecule has 3 aliphatic heterocycles. The summed E-state index contributed by atoms with van der Waals surface area (Å²) in [6.45, 7) is 3.03. The highest BCUT2D eigenvalue weighted by atomic mass is 32.1. The predicted molar refractivity (Wildman–Crippen MR) is 130 cm³/mol. The Balaban J connectivity index is 1.31. The van der Waals surface area contributed by atoms with Crippen molar-refractivity contribution in [2.45, 2.75) is 25.0 Å². The third-order valence-corrected chi connectivity index (χ3v) is 8.02. The van der Waals surface area contributed by atoms with E-state index >= 15 is 0 Å². The quantitative estimate of drug-likeness (QED) is 0.278. The summed E-state index contributed by atoms with van der Waals surface area (Å²) >= 11 is 1.48. The van der Waals surface area contributed by atoms with E-state index in [0.29, 0.717) is 29.2 Å². The Hall–Kier alpha value is -3.03. The van der Waals surface area contributed by atoms with E-state index in [2.05, 4.69) is 5.32 Å². The van der Waals surface area contributed by atoms with Crippen molar-refractivity contribution in [1.82, 2.24) is 0 Å². The summed E-state index contributed by atoms with van der Waals surface area (Å²) in [6, 6.07) is 18.5. The number of quaternary nitrogens is 1. The number of nitrogens with one attached hydrogen (secondary N) is 1. The molecule has 3 aromatic rings. The number of rotatable bonds is 8. The molecule has 4 heterocycles. The number of anilines is 1. The Kier molecular flexibility index (Phi) is 6.48. The number of hydrogen-bond acceptors (Lipinski definition) is 5. The fourth-order valence-corrected chi connectivity index (χ4v) is 5.91. The molecule has 3 fully saturated rings. The molecule has 2 atom stereocenters. The van der Waals surface area contributed by atoms with Crippen molar-refractivity contribution in [3.63, 3.8) is 0 Å². The van der Waals surface area contributed by atoms with Gasteiger partial charge in [-0.15, -0.1) is 11.3 Å². The van der Waals surface area contributed by atoms with E-state index in [-0.39, 0.29) is 23.7 Å². The van der Waals surface area contributed by atoms with Gasteiger partial charge in [-0.2, -0.15) is 0 Å². The van der Waals surface area contributed by atoms with Crippen molar-refractivity contribution in [1.29, 1.82) is 0 Å². The maximum atomic E-state index is 13.4. The molecule has 0 aliphatic carbocycles. The second-order valence-corrected chi connectivity index (χ2v) is 10.3. The summed E-state index contributed by atoms with van der Waals surface area (Å²) in [5.41, 5.74) is 1.43. The van der Waals surface area contributed by atoms with Crippen LogP contribution in [0.25, 0.3) is 0 Å². The lowest BCUT2D eigenvalue weighted by Gasteiger charge is -2.51. The van der Waals surface area contributed by atoms with Crippen LogP contribution in [0.3, 0.4) is 0 Å². The lowest BCUT2D eigenvalue weighted by molar-refractivity contribution is -0.938.